The van der Waals surface area contributed by atoms with Gasteiger partial charge in [0.15, 0.2) is 0 Å². The lowest BCUT2D eigenvalue weighted by atomic mass is 9.78. The summed E-state index contributed by atoms with van der Waals surface area (Å²) in [5.41, 5.74) is 2.98. The maximum Gasteiger partial charge on any atom is 0.490 e. The van der Waals surface area contributed by atoms with E-state index >= 15 is 0 Å². The highest BCUT2D eigenvalue weighted by Gasteiger charge is 2.14. The third-order valence-corrected chi connectivity index (χ3v) is 2.50. The van der Waals surface area contributed by atoms with Gasteiger partial charge < -0.3 is 9.68 Å². The SMILES string of the molecule is COB(O)c1cccc(-c2ccccc2)c1. The maximum absolute atomic E-state index is 9.58. The van der Waals surface area contributed by atoms with Crippen molar-refractivity contribution < 1.29 is 9.68 Å². The van der Waals surface area contributed by atoms with Gasteiger partial charge in [-0.3, -0.25) is 0 Å². The van der Waals surface area contributed by atoms with E-state index in [-0.39, 0.29) is 0 Å². The summed E-state index contributed by atoms with van der Waals surface area (Å²) in [5, 5.41) is 9.58. The van der Waals surface area contributed by atoms with Crippen molar-refractivity contribution in [2.75, 3.05) is 7.11 Å². The van der Waals surface area contributed by atoms with Crippen LogP contribution in [0.1, 0.15) is 0 Å². The normalized spacial score (nSPS) is 10.1. The average Bonchev–Trinajstić information content (AvgIpc) is 2.39. The molecular weight excluding hydrogens is 199 g/mol. The first-order valence-corrected chi connectivity index (χ1v) is 5.17. The Bertz CT molecular complexity index is 456. The largest absolute Gasteiger partial charge is 0.490 e. The van der Waals surface area contributed by atoms with E-state index in [4.69, 9.17) is 4.65 Å². The minimum Gasteiger partial charge on any atom is -0.423 e. The Morgan fingerprint density at radius 1 is 0.938 bits per heavy atom. The summed E-state index contributed by atoms with van der Waals surface area (Å²) in [5.74, 6) is 0. The van der Waals surface area contributed by atoms with E-state index in [1.165, 1.54) is 7.11 Å². The molecule has 2 aromatic rings. The Labute approximate surface area is 95.7 Å². The lowest BCUT2D eigenvalue weighted by Gasteiger charge is -2.06. The third kappa shape index (κ3) is 2.32. The van der Waals surface area contributed by atoms with Crippen LogP contribution in [0.4, 0.5) is 0 Å². The van der Waals surface area contributed by atoms with Gasteiger partial charge in [0.25, 0.3) is 0 Å². The molecule has 0 spiro atoms. The van der Waals surface area contributed by atoms with Crippen LogP contribution in [0.5, 0.6) is 0 Å². The fraction of sp³-hybridized carbons (Fsp3) is 0.0769. The average molecular weight is 212 g/mol. The van der Waals surface area contributed by atoms with Gasteiger partial charge in [-0.15, -0.1) is 0 Å². The molecular formula is C13H13BO2. The molecule has 0 atom stereocenters. The maximum atomic E-state index is 9.58. The van der Waals surface area contributed by atoms with Gasteiger partial charge >= 0.3 is 7.12 Å². The molecule has 0 aliphatic rings. The minimum absolute atomic E-state index is 0.767. The molecule has 0 unspecified atom stereocenters. The quantitative estimate of drug-likeness (QED) is 0.784. The first-order chi connectivity index (χ1) is 7.81. The summed E-state index contributed by atoms with van der Waals surface area (Å²) in [4.78, 5) is 0. The highest BCUT2D eigenvalue weighted by atomic mass is 16.5. The summed E-state index contributed by atoms with van der Waals surface area (Å²) in [7, 11) is 0.628. The first kappa shape index (κ1) is 10.9. The van der Waals surface area contributed by atoms with E-state index in [0.717, 1.165) is 16.6 Å². The van der Waals surface area contributed by atoms with Crippen molar-refractivity contribution in [2.24, 2.45) is 0 Å². The highest BCUT2D eigenvalue weighted by Crippen LogP contribution is 2.17. The number of hydrogen-bond acceptors (Lipinski definition) is 2. The first-order valence-electron chi connectivity index (χ1n) is 5.17. The molecule has 0 aliphatic carbocycles. The van der Waals surface area contributed by atoms with Crippen LogP contribution in [0, 0.1) is 0 Å². The Morgan fingerprint density at radius 3 is 2.31 bits per heavy atom. The van der Waals surface area contributed by atoms with E-state index in [0.29, 0.717) is 0 Å². The summed E-state index contributed by atoms with van der Waals surface area (Å²) in [6.45, 7) is 0. The van der Waals surface area contributed by atoms with Crippen molar-refractivity contribution in [1.82, 2.24) is 0 Å². The molecule has 0 saturated carbocycles. The molecule has 2 rings (SSSR count). The van der Waals surface area contributed by atoms with Crippen LogP contribution < -0.4 is 5.46 Å². The minimum atomic E-state index is -0.858. The molecule has 0 aromatic heterocycles. The summed E-state index contributed by atoms with van der Waals surface area (Å²) in [6.07, 6.45) is 0. The van der Waals surface area contributed by atoms with Gasteiger partial charge in [-0.05, 0) is 16.6 Å². The number of rotatable bonds is 3. The topological polar surface area (TPSA) is 29.5 Å². The second kappa shape index (κ2) is 4.97. The Balaban J connectivity index is 2.36. The van der Waals surface area contributed by atoms with E-state index in [2.05, 4.69) is 0 Å². The van der Waals surface area contributed by atoms with Crippen LogP contribution in [0.15, 0.2) is 54.6 Å². The van der Waals surface area contributed by atoms with Crippen LogP contribution >= 0.6 is 0 Å². The molecule has 0 bridgehead atoms. The standard InChI is InChI=1S/C13H13BO2/c1-16-14(15)13-9-5-8-12(10-13)11-6-3-2-4-7-11/h2-10,15H,1H3. The van der Waals surface area contributed by atoms with Crippen molar-refractivity contribution >= 4 is 12.6 Å². The lowest BCUT2D eigenvalue weighted by Crippen LogP contribution is -2.32. The molecule has 0 radical (unpaired) electrons. The van der Waals surface area contributed by atoms with Gasteiger partial charge in [0.2, 0.25) is 0 Å². The van der Waals surface area contributed by atoms with Gasteiger partial charge in [-0.1, -0.05) is 54.6 Å². The Hall–Kier alpha value is -1.58. The van der Waals surface area contributed by atoms with Crippen molar-refractivity contribution in [2.45, 2.75) is 0 Å². The zero-order valence-corrected chi connectivity index (χ0v) is 9.13. The summed E-state index contributed by atoms with van der Waals surface area (Å²) >= 11 is 0. The Morgan fingerprint density at radius 2 is 1.62 bits per heavy atom. The molecule has 3 heteroatoms. The molecule has 2 nitrogen and oxygen atoms in total. The van der Waals surface area contributed by atoms with Crippen LogP contribution in [-0.2, 0) is 4.65 Å². The van der Waals surface area contributed by atoms with Gasteiger partial charge in [-0.25, -0.2) is 0 Å². The van der Waals surface area contributed by atoms with E-state index < -0.39 is 7.12 Å². The van der Waals surface area contributed by atoms with E-state index in [9.17, 15) is 5.02 Å². The molecule has 0 fully saturated rings. The smallest absolute Gasteiger partial charge is 0.423 e. The van der Waals surface area contributed by atoms with E-state index in [1.807, 2.05) is 54.6 Å². The van der Waals surface area contributed by atoms with Crippen LogP contribution in [0.2, 0.25) is 0 Å². The number of hydrogen-bond donors (Lipinski definition) is 1. The fourth-order valence-corrected chi connectivity index (χ4v) is 1.64. The summed E-state index contributed by atoms with van der Waals surface area (Å²) in [6, 6.07) is 17.8. The van der Waals surface area contributed by atoms with E-state index in [1.54, 1.807) is 0 Å². The zero-order chi connectivity index (χ0) is 11.4. The van der Waals surface area contributed by atoms with Crippen molar-refractivity contribution in [3.8, 4) is 11.1 Å². The van der Waals surface area contributed by atoms with Crippen molar-refractivity contribution in [1.29, 1.82) is 0 Å². The zero-order valence-electron chi connectivity index (χ0n) is 9.13. The van der Waals surface area contributed by atoms with Crippen molar-refractivity contribution in [3.63, 3.8) is 0 Å². The Kier molecular flexibility index (Phi) is 3.39. The molecule has 16 heavy (non-hydrogen) atoms. The van der Waals surface area contributed by atoms with Crippen LogP contribution in [0.3, 0.4) is 0 Å². The van der Waals surface area contributed by atoms with Crippen LogP contribution in [-0.4, -0.2) is 19.3 Å². The third-order valence-electron chi connectivity index (χ3n) is 2.50. The predicted octanol–water partition coefficient (Wildman–Crippen LogP) is 1.69. The second-order valence-corrected chi connectivity index (χ2v) is 3.58. The monoisotopic (exact) mass is 212 g/mol. The fourth-order valence-electron chi connectivity index (χ4n) is 1.64. The van der Waals surface area contributed by atoms with Gasteiger partial charge in [0.05, 0.1) is 0 Å². The molecule has 0 amide bonds. The van der Waals surface area contributed by atoms with Crippen LogP contribution in [0.25, 0.3) is 11.1 Å². The predicted molar refractivity (Wildman–Crippen MR) is 66.5 cm³/mol. The van der Waals surface area contributed by atoms with Gasteiger partial charge in [0.1, 0.15) is 0 Å². The molecule has 2 aromatic carbocycles. The molecule has 80 valence electrons. The molecule has 0 saturated heterocycles. The highest BCUT2D eigenvalue weighted by molar-refractivity contribution is 6.60. The molecule has 0 aliphatic heterocycles. The van der Waals surface area contributed by atoms with Crippen molar-refractivity contribution in [3.05, 3.63) is 54.6 Å². The second-order valence-electron chi connectivity index (χ2n) is 3.58. The van der Waals surface area contributed by atoms with Gasteiger partial charge in [-0.2, -0.15) is 0 Å². The molecule has 0 heterocycles. The lowest BCUT2D eigenvalue weighted by molar-refractivity contribution is 0.341. The molecule has 1 N–H and O–H groups in total. The summed E-state index contributed by atoms with van der Waals surface area (Å²) < 4.78 is 4.88. The number of benzene rings is 2. The van der Waals surface area contributed by atoms with Gasteiger partial charge in [0, 0.05) is 7.11 Å².